The highest BCUT2D eigenvalue weighted by Gasteiger charge is 2.16. The first-order valence-electron chi connectivity index (χ1n) is 5.47. The number of hydrogen-bond acceptors (Lipinski definition) is 5. The van der Waals surface area contributed by atoms with Crippen LogP contribution < -0.4 is 5.73 Å². The molecule has 19 heavy (non-hydrogen) atoms. The maximum atomic E-state index is 7.70. The van der Waals surface area contributed by atoms with Crippen LogP contribution in [0.3, 0.4) is 0 Å². The number of amidine groups is 1. The van der Waals surface area contributed by atoms with E-state index in [4.69, 9.17) is 11.1 Å². The number of nitrogens with zero attached hydrogens (tertiary/aromatic N) is 3. The van der Waals surface area contributed by atoms with Crippen molar-refractivity contribution in [2.24, 2.45) is 5.73 Å². The predicted molar refractivity (Wildman–Crippen MR) is 78.6 cm³/mol. The monoisotopic (exact) mass is 337 g/mol. The SMILES string of the molecule is Cc1nnc(Sc2ncccc2Br)c(C(=N)N)c1C. The number of aryl methyl sites for hydroxylation is 1. The lowest BCUT2D eigenvalue weighted by Crippen LogP contribution is -2.16. The van der Waals surface area contributed by atoms with E-state index in [1.165, 1.54) is 11.8 Å². The fraction of sp³-hybridized carbons (Fsp3) is 0.167. The number of rotatable bonds is 3. The van der Waals surface area contributed by atoms with Gasteiger partial charge in [0.25, 0.3) is 0 Å². The van der Waals surface area contributed by atoms with Gasteiger partial charge in [-0.15, -0.1) is 5.10 Å². The largest absolute Gasteiger partial charge is 0.384 e. The number of hydrogen-bond donors (Lipinski definition) is 2. The van der Waals surface area contributed by atoms with E-state index in [-0.39, 0.29) is 5.84 Å². The molecule has 0 atom stereocenters. The maximum Gasteiger partial charge on any atom is 0.136 e. The van der Waals surface area contributed by atoms with Gasteiger partial charge in [-0.1, -0.05) is 0 Å². The van der Waals surface area contributed by atoms with Crippen LogP contribution in [-0.4, -0.2) is 21.0 Å². The topological polar surface area (TPSA) is 88.5 Å². The lowest BCUT2D eigenvalue weighted by Gasteiger charge is -2.11. The fourth-order valence-corrected chi connectivity index (χ4v) is 2.92. The zero-order valence-corrected chi connectivity index (χ0v) is 12.8. The van der Waals surface area contributed by atoms with Gasteiger partial charge in [0, 0.05) is 6.20 Å². The van der Waals surface area contributed by atoms with Crippen LogP contribution in [-0.2, 0) is 0 Å². The Labute approximate surface area is 123 Å². The number of nitrogens with two attached hydrogens (primary N) is 1. The third-order valence-electron chi connectivity index (χ3n) is 2.61. The smallest absolute Gasteiger partial charge is 0.136 e. The van der Waals surface area contributed by atoms with Crippen molar-refractivity contribution < 1.29 is 0 Å². The van der Waals surface area contributed by atoms with Crippen molar-refractivity contribution in [2.75, 3.05) is 0 Å². The average Bonchev–Trinajstić information content (AvgIpc) is 2.36. The Morgan fingerprint density at radius 3 is 2.68 bits per heavy atom. The Balaban J connectivity index is 2.49. The van der Waals surface area contributed by atoms with Crippen LogP contribution >= 0.6 is 27.7 Å². The molecule has 5 nitrogen and oxygen atoms in total. The highest BCUT2D eigenvalue weighted by atomic mass is 79.9. The van der Waals surface area contributed by atoms with Crippen molar-refractivity contribution in [2.45, 2.75) is 23.9 Å². The van der Waals surface area contributed by atoms with E-state index in [9.17, 15) is 0 Å². The lowest BCUT2D eigenvalue weighted by molar-refractivity contribution is 0.870. The van der Waals surface area contributed by atoms with Gasteiger partial charge in [-0.25, -0.2) is 4.98 Å². The number of halogens is 1. The molecule has 0 aliphatic rings. The maximum absolute atomic E-state index is 7.70. The van der Waals surface area contributed by atoms with Crippen molar-refractivity contribution in [3.8, 4) is 0 Å². The van der Waals surface area contributed by atoms with Gasteiger partial charge in [0.15, 0.2) is 0 Å². The van der Waals surface area contributed by atoms with Crippen molar-refractivity contribution in [1.82, 2.24) is 15.2 Å². The van der Waals surface area contributed by atoms with Gasteiger partial charge < -0.3 is 5.73 Å². The van der Waals surface area contributed by atoms with E-state index in [0.29, 0.717) is 10.6 Å². The average molecular weight is 338 g/mol. The van der Waals surface area contributed by atoms with Crippen molar-refractivity contribution in [3.05, 3.63) is 39.6 Å². The Kier molecular flexibility index (Phi) is 4.16. The minimum atomic E-state index is -0.00921. The summed E-state index contributed by atoms with van der Waals surface area (Å²) in [6.45, 7) is 3.73. The van der Waals surface area contributed by atoms with Crippen LogP contribution in [0.2, 0.25) is 0 Å². The molecule has 0 aliphatic heterocycles. The molecule has 2 aromatic rings. The van der Waals surface area contributed by atoms with Gasteiger partial charge in [-0.05, 0) is 59.2 Å². The summed E-state index contributed by atoms with van der Waals surface area (Å²) < 4.78 is 0.870. The lowest BCUT2D eigenvalue weighted by atomic mass is 10.1. The van der Waals surface area contributed by atoms with Crippen LogP contribution in [0.25, 0.3) is 0 Å². The van der Waals surface area contributed by atoms with Gasteiger partial charge >= 0.3 is 0 Å². The van der Waals surface area contributed by atoms with Crippen LogP contribution in [0.4, 0.5) is 0 Å². The molecule has 98 valence electrons. The summed E-state index contributed by atoms with van der Waals surface area (Å²) in [4.78, 5) is 4.26. The first kappa shape index (κ1) is 14.0. The van der Waals surface area contributed by atoms with E-state index in [1.54, 1.807) is 6.20 Å². The molecule has 0 bridgehead atoms. The zero-order valence-electron chi connectivity index (χ0n) is 10.4. The van der Waals surface area contributed by atoms with Crippen LogP contribution in [0.1, 0.15) is 16.8 Å². The van der Waals surface area contributed by atoms with E-state index in [0.717, 1.165) is 20.8 Å². The molecule has 0 spiro atoms. The molecule has 0 saturated carbocycles. The summed E-state index contributed by atoms with van der Waals surface area (Å²) in [5.74, 6) is -0.00921. The molecule has 2 heterocycles. The summed E-state index contributed by atoms with van der Waals surface area (Å²) in [5.41, 5.74) is 7.91. The first-order valence-corrected chi connectivity index (χ1v) is 7.08. The summed E-state index contributed by atoms with van der Waals surface area (Å²) in [6.07, 6.45) is 1.70. The van der Waals surface area contributed by atoms with E-state index in [1.807, 2.05) is 26.0 Å². The Morgan fingerprint density at radius 2 is 2.05 bits per heavy atom. The molecular weight excluding hydrogens is 326 g/mol. The molecule has 0 aliphatic carbocycles. The molecular formula is C12H12BrN5S. The second-order valence-electron chi connectivity index (χ2n) is 3.90. The quantitative estimate of drug-likeness (QED) is 0.663. The molecule has 0 aromatic carbocycles. The standard InChI is InChI=1S/C12H12BrN5S/c1-6-7(2)17-18-12(9(6)10(14)15)19-11-8(13)4-3-5-16-11/h3-5H,1-2H3,(H3,14,15). The van der Waals surface area contributed by atoms with Crippen LogP contribution in [0, 0.1) is 19.3 Å². The number of nitrogen functional groups attached to an aromatic ring is 1. The Hall–Kier alpha value is -1.47. The second kappa shape index (κ2) is 5.66. The van der Waals surface area contributed by atoms with E-state index >= 15 is 0 Å². The number of nitrogens with one attached hydrogen (secondary N) is 1. The van der Waals surface area contributed by atoms with Gasteiger partial charge in [-0.2, -0.15) is 5.10 Å². The van der Waals surface area contributed by atoms with Gasteiger partial charge in [0.05, 0.1) is 15.7 Å². The van der Waals surface area contributed by atoms with Crippen LogP contribution in [0.15, 0.2) is 32.9 Å². The minimum absolute atomic E-state index is 0.00921. The van der Waals surface area contributed by atoms with E-state index < -0.39 is 0 Å². The molecule has 0 unspecified atom stereocenters. The van der Waals surface area contributed by atoms with E-state index in [2.05, 4.69) is 31.1 Å². The Morgan fingerprint density at radius 1 is 1.32 bits per heavy atom. The summed E-state index contributed by atoms with van der Waals surface area (Å²) in [6, 6.07) is 3.74. The summed E-state index contributed by atoms with van der Waals surface area (Å²) in [5, 5.41) is 17.3. The minimum Gasteiger partial charge on any atom is -0.384 e. The number of aromatic nitrogens is 3. The predicted octanol–water partition coefficient (Wildman–Crippen LogP) is 2.69. The highest BCUT2D eigenvalue weighted by Crippen LogP contribution is 2.33. The molecule has 2 rings (SSSR count). The summed E-state index contributed by atoms with van der Waals surface area (Å²) in [7, 11) is 0. The third-order valence-corrected chi connectivity index (χ3v) is 4.51. The summed E-state index contributed by atoms with van der Waals surface area (Å²) >= 11 is 4.77. The zero-order chi connectivity index (χ0) is 14.0. The molecule has 0 radical (unpaired) electrons. The van der Waals surface area contributed by atoms with Crippen molar-refractivity contribution in [3.63, 3.8) is 0 Å². The molecule has 0 fully saturated rings. The van der Waals surface area contributed by atoms with Gasteiger partial charge in [-0.3, -0.25) is 5.41 Å². The van der Waals surface area contributed by atoms with Crippen LogP contribution in [0.5, 0.6) is 0 Å². The highest BCUT2D eigenvalue weighted by molar-refractivity contribution is 9.10. The molecule has 2 aromatic heterocycles. The molecule has 0 amide bonds. The first-order chi connectivity index (χ1) is 9.00. The second-order valence-corrected chi connectivity index (χ2v) is 5.73. The fourth-order valence-electron chi connectivity index (χ4n) is 1.51. The number of pyridine rings is 1. The third kappa shape index (κ3) is 2.93. The van der Waals surface area contributed by atoms with Crippen molar-refractivity contribution in [1.29, 1.82) is 5.41 Å². The Bertz CT molecular complexity index is 644. The van der Waals surface area contributed by atoms with Gasteiger partial charge in [0.1, 0.15) is 15.9 Å². The van der Waals surface area contributed by atoms with Gasteiger partial charge in [0.2, 0.25) is 0 Å². The molecule has 7 heteroatoms. The molecule has 0 saturated heterocycles. The van der Waals surface area contributed by atoms with Crippen molar-refractivity contribution >= 4 is 33.5 Å². The normalized spacial score (nSPS) is 10.5. The molecule has 3 N–H and O–H groups in total.